The molecule has 0 unspecified atom stereocenters. The zero-order valence-corrected chi connectivity index (χ0v) is 17.3. The van der Waals surface area contributed by atoms with Crippen molar-refractivity contribution in [3.8, 4) is 0 Å². The molecule has 1 heterocycles. The molecule has 0 aliphatic carbocycles. The highest BCUT2D eigenvalue weighted by molar-refractivity contribution is 7.80. The van der Waals surface area contributed by atoms with Gasteiger partial charge in [-0.3, -0.25) is 4.68 Å². The predicted molar refractivity (Wildman–Crippen MR) is 114 cm³/mol. The number of alkyl halides is 3. The molecule has 2 aromatic carbocycles. The minimum atomic E-state index is -4.39. The molecule has 0 saturated carbocycles. The average Bonchev–Trinajstić information content (AvgIpc) is 2.96. The van der Waals surface area contributed by atoms with Crippen LogP contribution in [0.15, 0.2) is 48.5 Å². The van der Waals surface area contributed by atoms with Crippen molar-refractivity contribution in [2.75, 3.05) is 10.6 Å². The maximum absolute atomic E-state index is 12.9. The van der Waals surface area contributed by atoms with Gasteiger partial charge < -0.3 is 10.6 Å². The van der Waals surface area contributed by atoms with E-state index in [9.17, 15) is 13.2 Å². The first-order valence-electron chi connectivity index (χ1n) is 8.35. The van der Waals surface area contributed by atoms with Crippen LogP contribution in [-0.4, -0.2) is 14.9 Å². The summed E-state index contributed by atoms with van der Waals surface area (Å²) in [6.07, 6.45) is -4.39. The first-order chi connectivity index (χ1) is 13.6. The minimum absolute atomic E-state index is 0.195. The van der Waals surface area contributed by atoms with Gasteiger partial charge in [0.25, 0.3) is 0 Å². The van der Waals surface area contributed by atoms with Gasteiger partial charge in [-0.2, -0.15) is 18.3 Å². The summed E-state index contributed by atoms with van der Waals surface area (Å²) in [4.78, 5) is 0. The summed E-state index contributed by atoms with van der Waals surface area (Å²) in [6, 6.07) is 11.8. The standard InChI is InChI=1S/C19H15Cl2F3N4S/c1-11-7-17(26-18(29)25-16-6-5-14(20)9-15(16)21)27-28(11)10-12-3-2-4-13(8-12)19(22,23)24/h2-9H,10H2,1H3,(H2,25,26,27,29). The Hall–Kier alpha value is -2.29. The molecule has 2 N–H and O–H groups in total. The molecular weight excluding hydrogens is 444 g/mol. The van der Waals surface area contributed by atoms with E-state index in [1.807, 2.05) is 0 Å². The quantitative estimate of drug-likeness (QED) is 0.445. The number of thiocarbonyl (C=S) groups is 1. The van der Waals surface area contributed by atoms with Gasteiger partial charge in [-0.15, -0.1) is 0 Å². The summed E-state index contributed by atoms with van der Waals surface area (Å²) < 4.78 is 40.3. The Morgan fingerprint density at radius 2 is 1.86 bits per heavy atom. The maximum Gasteiger partial charge on any atom is 0.416 e. The highest BCUT2D eigenvalue weighted by Crippen LogP contribution is 2.30. The third kappa shape index (κ3) is 5.62. The molecule has 3 aromatic rings. The van der Waals surface area contributed by atoms with Crippen molar-refractivity contribution in [3.63, 3.8) is 0 Å². The zero-order chi connectivity index (χ0) is 21.2. The number of nitrogens with zero attached hydrogens (tertiary/aromatic N) is 2. The van der Waals surface area contributed by atoms with E-state index in [1.165, 1.54) is 6.07 Å². The molecule has 0 spiro atoms. The van der Waals surface area contributed by atoms with E-state index < -0.39 is 11.7 Å². The fourth-order valence-corrected chi connectivity index (χ4v) is 3.28. The molecule has 0 bridgehead atoms. The first-order valence-corrected chi connectivity index (χ1v) is 9.52. The number of halogens is 5. The molecule has 0 fully saturated rings. The smallest absolute Gasteiger partial charge is 0.331 e. The highest BCUT2D eigenvalue weighted by atomic mass is 35.5. The van der Waals surface area contributed by atoms with Crippen molar-refractivity contribution >= 4 is 52.0 Å². The van der Waals surface area contributed by atoms with Gasteiger partial charge in [-0.1, -0.05) is 35.3 Å². The Morgan fingerprint density at radius 3 is 2.55 bits per heavy atom. The Bertz CT molecular complexity index is 1050. The van der Waals surface area contributed by atoms with Crippen LogP contribution in [0.2, 0.25) is 10.0 Å². The Morgan fingerprint density at radius 1 is 1.10 bits per heavy atom. The molecule has 0 saturated heterocycles. The number of benzene rings is 2. The number of rotatable bonds is 4. The van der Waals surface area contributed by atoms with Crippen molar-refractivity contribution in [3.05, 3.63) is 75.4 Å². The summed E-state index contributed by atoms with van der Waals surface area (Å²) in [5, 5.41) is 11.4. The monoisotopic (exact) mass is 458 g/mol. The average molecular weight is 459 g/mol. The maximum atomic E-state index is 12.9. The van der Waals surface area contributed by atoms with E-state index in [0.717, 1.165) is 17.8 Å². The number of aromatic nitrogens is 2. The highest BCUT2D eigenvalue weighted by Gasteiger charge is 2.30. The molecule has 0 aliphatic rings. The molecule has 152 valence electrons. The van der Waals surface area contributed by atoms with Gasteiger partial charge in [0.2, 0.25) is 0 Å². The second-order valence-corrected chi connectivity index (χ2v) is 7.48. The molecule has 3 rings (SSSR count). The van der Waals surface area contributed by atoms with Crippen LogP contribution in [0.25, 0.3) is 0 Å². The third-order valence-electron chi connectivity index (χ3n) is 3.99. The fraction of sp³-hybridized carbons (Fsp3) is 0.158. The van der Waals surface area contributed by atoms with Crippen LogP contribution in [0.1, 0.15) is 16.8 Å². The van der Waals surface area contributed by atoms with Crippen LogP contribution in [0.5, 0.6) is 0 Å². The van der Waals surface area contributed by atoms with Crippen LogP contribution >= 0.6 is 35.4 Å². The molecule has 0 atom stereocenters. The molecule has 1 aromatic heterocycles. The van der Waals surface area contributed by atoms with Gasteiger partial charge in [0.15, 0.2) is 10.9 Å². The lowest BCUT2D eigenvalue weighted by atomic mass is 10.1. The van der Waals surface area contributed by atoms with Crippen molar-refractivity contribution in [2.45, 2.75) is 19.6 Å². The van der Waals surface area contributed by atoms with Gasteiger partial charge in [-0.05, 0) is 55.0 Å². The second kappa shape index (κ2) is 8.61. The molecule has 0 radical (unpaired) electrons. The first kappa shape index (κ1) is 21.4. The van der Waals surface area contributed by atoms with E-state index in [2.05, 4.69) is 15.7 Å². The largest absolute Gasteiger partial charge is 0.416 e. The van der Waals surface area contributed by atoms with Gasteiger partial charge in [-0.25, -0.2) is 0 Å². The second-order valence-electron chi connectivity index (χ2n) is 6.23. The molecule has 10 heteroatoms. The van der Waals surface area contributed by atoms with Crippen LogP contribution in [0.4, 0.5) is 24.7 Å². The minimum Gasteiger partial charge on any atom is -0.331 e. The lowest BCUT2D eigenvalue weighted by Crippen LogP contribution is -2.19. The number of anilines is 2. The number of aryl methyl sites for hydroxylation is 1. The third-order valence-corrected chi connectivity index (χ3v) is 4.74. The summed E-state index contributed by atoms with van der Waals surface area (Å²) >= 11 is 17.2. The van der Waals surface area contributed by atoms with Crippen LogP contribution < -0.4 is 10.6 Å². The van der Waals surface area contributed by atoms with Gasteiger partial charge in [0, 0.05) is 16.8 Å². The predicted octanol–water partition coefficient (Wildman–Crippen LogP) is 6.37. The van der Waals surface area contributed by atoms with Crippen LogP contribution in [-0.2, 0) is 12.7 Å². The summed E-state index contributed by atoms with van der Waals surface area (Å²) in [5.74, 6) is 0.456. The van der Waals surface area contributed by atoms with E-state index in [1.54, 1.807) is 41.9 Å². The summed E-state index contributed by atoms with van der Waals surface area (Å²) in [6.45, 7) is 2.00. The van der Waals surface area contributed by atoms with Gasteiger partial charge in [0.1, 0.15) is 0 Å². The number of hydrogen-bond acceptors (Lipinski definition) is 2. The summed E-state index contributed by atoms with van der Waals surface area (Å²) in [7, 11) is 0. The van der Waals surface area contributed by atoms with Crippen LogP contribution in [0, 0.1) is 6.92 Å². The van der Waals surface area contributed by atoms with E-state index >= 15 is 0 Å². The van der Waals surface area contributed by atoms with Gasteiger partial charge in [0.05, 0.1) is 22.8 Å². The molecule has 4 nitrogen and oxygen atoms in total. The Kier molecular flexibility index (Phi) is 6.36. The normalized spacial score (nSPS) is 11.4. The molecule has 0 aliphatic heterocycles. The van der Waals surface area contributed by atoms with Crippen molar-refractivity contribution in [1.29, 1.82) is 0 Å². The fourth-order valence-electron chi connectivity index (χ4n) is 2.61. The summed E-state index contributed by atoms with van der Waals surface area (Å²) in [5.41, 5.74) is 1.14. The number of hydrogen-bond donors (Lipinski definition) is 2. The van der Waals surface area contributed by atoms with Crippen molar-refractivity contribution < 1.29 is 13.2 Å². The van der Waals surface area contributed by atoms with E-state index in [0.29, 0.717) is 27.1 Å². The molecule has 29 heavy (non-hydrogen) atoms. The molecule has 0 amide bonds. The lowest BCUT2D eigenvalue weighted by Gasteiger charge is -2.11. The van der Waals surface area contributed by atoms with Crippen LogP contribution in [0.3, 0.4) is 0 Å². The van der Waals surface area contributed by atoms with Crippen molar-refractivity contribution in [1.82, 2.24) is 9.78 Å². The topological polar surface area (TPSA) is 41.9 Å². The van der Waals surface area contributed by atoms with Crippen molar-refractivity contribution in [2.24, 2.45) is 0 Å². The lowest BCUT2D eigenvalue weighted by molar-refractivity contribution is -0.137. The Labute approximate surface area is 180 Å². The molecular formula is C19H15Cl2F3N4S. The van der Waals surface area contributed by atoms with E-state index in [4.69, 9.17) is 35.4 Å². The van der Waals surface area contributed by atoms with E-state index in [-0.39, 0.29) is 11.7 Å². The zero-order valence-electron chi connectivity index (χ0n) is 15.0. The SMILES string of the molecule is Cc1cc(NC(=S)Nc2ccc(Cl)cc2Cl)nn1Cc1cccc(C(F)(F)F)c1. The number of nitrogens with one attached hydrogen (secondary N) is 2. The van der Waals surface area contributed by atoms with Gasteiger partial charge >= 0.3 is 6.18 Å². The Balaban J connectivity index is 1.69.